The summed E-state index contributed by atoms with van der Waals surface area (Å²) < 4.78 is 48.5. The third kappa shape index (κ3) is 4.00. The standard InChI is InChI=1S/C16H14F3NO2/c1-21-13-7-3-5-11(9-13)15(20-16(17,18)19)12-6-4-8-14(10-12)22-2/h3-10H,1-2H3. The number of hydrogen-bond donors (Lipinski definition) is 0. The monoisotopic (exact) mass is 309 g/mol. The van der Waals surface area contributed by atoms with Crippen molar-refractivity contribution in [2.75, 3.05) is 14.2 Å². The van der Waals surface area contributed by atoms with Gasteiger partial charge in [-0.2, -0.15) is 4.99 Å². The lowest BCUT2D eigenvalue weighted by atomic mass is 10.0. The highest BCUT2D eigenvalue weighted by atomic mass is 19.4. The van der Waals surface area contributed by atoms with Crippen LogP contribution in [0.2, 0.25) is 0 Å². The molecule has 0 spiro atoms. The molecular weight excluding hydrogens is 295 g/mol. The van der Waals surface area contributed by atoms with Gasteiger partial charge in [0.2, 0.25) is 0 Å². The van der Waals surface area contributed by atoms with Crippen molar-refractivity contribution in [3.63, 3.8) is 0 Å². The Hall–Kier alpha value is -2.50. The molecule has 0 heterocycles. The Kier molecular flexibility index (Phi) is 4.70. The van der Waals surface area contributed by atoms with Crippen molar-refractivity contribution in [3.05, 3.63) is 59.7 Å². The summed E-state index contributed by atoms with van der Waals surface area (Å²) in [6.45, 7) is 0. The fourth-order valence-corrected chi connectivity index (χ4v) is 1.96. The van der Waals surface area contributed by atoms with Crippen LogP contribution >= 0.6 is 0 Å². The molecule has 0 saturated carbocycles. The SMILES string of the molecule is COc1cccc(C(=NC(F)(F)F)c2cccc(OC)c2)c1. The maximum atomic E-state index is 12.8. The van der Waals surface area contributed by atoms with Crippen LogP contribution in [-0.4, -0.2) is 26.2 Å². The number of aliphatic imine (C=N–C) groups is 1. The zero-order valence-corrected chi connectivity index (χ0v) is 12.0. The van der Waals surface area contributed by atoms with Gasteiger partial charge in [0, 0.05) is 11.1 Å². The first-order chi connectivity index (χ1) is 10.4. The fourth-order valence-electron chi connectivity index (χ4n) is 1.96. The number of benzene rings is 2. The highest BCUT2D eigenvalue weighted by Crippen LogP contribution is 2.24. The van der Waals surface area contributed by atoms with E-state index in [9.17, 15) is 13.2 Å². The van der Waals surface area contributed by atoms with E-state index in [4.69, 9.17) is 9.47 Å². The van der Waals surface area contributed by atoms with Crippen molar-refractivity contribution in [2.45, 2.75) is 6.30 Å². The van der Waals surface area contributed by atoms with Gasteiger partial charge in [-0.1, -0.05) is 24.3 Å². The molecule has 2 rings (SSSR count). The summed E-state index contributed by atoms with van der Waals surface area (Å²) in [5.41, 5.74) is 0.431. The molecule has 22 heavy (non-hydrogen) atoms. The zero-order valence-electron chi connectivity index (χ0n) is 12.0. The average Bonchev–Trinajstić information content (AvgIpc) is 2.52. The van der Waals surface area contributed by atoms with Gasteiger partial charge in [-0.15, -0.1) is 13.2 Å². The van der Waals surface area contributed by atoms with Crippen molar-refractivity contribution in [1.82, 2.24) is 0 Å². The molecule has 0 N–H and O–H groups in total. The summed E-state index contributed by atoms with van der Waals surface area (Å²) in [6, 6.07) is 12.6. The Labute approximate surface area is 126 Å². The fraction of sp³-hybridized carbons (Fsp3) is 0.188. The van der Waals surface area contributed by atoms with Crippen molar-refractivity contribution >= 4 is 5.71 Å². The predicted octanol–water partition coefficient (Wildman–Crippen LogP) is 4.06. The van der Waals surface area contributed by atoms with E-state index in [0.717, 1.165) is 0 Å². The minimum Gasteiger partial charge on any atom is -0.497 e. The summed E-state index contributed by atoms with van der Waals surface area (Å²) in [7, 11) is 2.90. The third-order valence-corrected chi connectivity index (χ3v) is 2.92. The molecule has 0 radical (unpaired) electrons. The van der Waals surface area contributed by atoms with Crippen molar-refractivity contribution in [1.29, 1.82) is 0 Å². The molecule has 0 unspecified atom stereocenters. The lowest BCUT2D eigenvalue weighted by molar-refractivity contribution is -0.119. The van der Waals surface area contributed by atoms with E-state index >= 15 is 0 Å². The molecule has 0 bridgehead atoms. The second-order valence-corrected chi connectivity index (χ2v) is 4.39. The molecule has 116 valence electrons. The van der Waals surface area contributed by atoms with Gasteiger partial charge < -0.3 is 9.47 Å². The third-order valence-electron chi connectivity index (χ3n) is 2.92. The average molecular weight is 309 g/mol. The Morgan fingerprint density at radius 3 is 1.68 bits per heavy atom. The second kappa shape index (κ2) is 6.51. The van der Waals surface area contributed by atoms with Crippen molar-refractivity contribution < 1.29 is 22.6 Å². The van der Waals surface area contributed by atoms with E-state index in [2.05, 4.69) is 4.99 Å². The Bertz CT molecular complexity index is 632. The first-order valence-electron chi connectivity index (χ1n) is 6.38. The molecule has 0 aliphatic heterocycles. The molecular formula is C16H14F3NO2. The van der Waals surface area contributed by atoms with E-state index in [-0.39, 0.29) is 5.71 Å². The zero-order chi connectivity index (χ0) is 16.2. The number of halogens is 3. The van der Waals surface area contributed by atoms with E-state index < -0.39 is 6.30 Å². The molecule has 0 amide bonds. The highest BCUT2D eigenvalue weighted by molar-refractivity contribution is 6.13. The van der Waals surface area contributed by atoms with Crippen LogP contribution in [0.3, 0.4) is 0 Å². The van der Waals surface area contributed by atoms with Crippen LogP contribution in [0.4, 0.5) is 13.2 Å². The van der Waals surface area contributed by atoms with E-state index in [1.807, 2.05) is 0 Å². The number of ether oxygens (including phenoxy) is 2. The van der Waals surface area contributed by atoms with Crippen LogP contribution in [0.1, 0.15) is 11.1 Å². The van der Waals surface area contributed by atoms with Gasteiger partial charge in [0.05, 0.1) is 19.9 Å². The smallest absolute Gasteiger partial charge is 0.497 e. The molecule has 2 aromatic carbocycles. The van der Waals surface area contributed by atoms with Crippen LogP contribution in [0.15, 0.2) is 53.5 Å². The number of methoxy groups -OCH3 is 2. The quantitative estimate of drug-likeness (QED) is 0.630. The lowest BCUT2D eigenvalue weighted by Gasteiger charge is -2.11. The number of rotatable bonds is 4. The van der Waals surface area contributed by atoms with Crippen molar-refractivity contribution in [3.8, 4) is 11.5 Å². The van der Waals surface area contributed by atoms with E-state index in [0.29, 0.717) is 22.6 Å². The predicted molar refractivity (Wildman–Crippen MR) is 77.7 cm³/mol. The number of alkyl halides is 3. The largest absolute Gasteiger partial charge is 0.503 e. The topological polar surface area (TPSA) is 30.8 Å². The van der Waals surface area contributed by atoms with E-state index in [1.54, 1.807) is 36.4 Å². The van der Waals surface area contributed by atoms with Crippen LogP contribution in [0.5, 0.6) is 11.5 Å². The minimum atomic E-state index is -4.68. The highest BCUT2D eigenvalue weighted by Gasteiger charge is 2.28. The Balaban J connectivity index is 2.58. The normalized spacial score (nSPS) is 11.0. The molecule has 3 nitrogen and oxygen atoms in total. The maximum absolute atomic E-state index is 12.8. The van der Waals surface area contributed by atoms with Crippen LogP contribution in [-0.2, 0) is 0 Å². The van der Waals surface area contributed by atoms with Crippen LogP contribution < -0.4 is 9.47 Å². The van der Waals surface area contributed by atoms with Gasteiger partial charge in [-0.3, -0.25) is 0 Å². The summed E-state index contributed by atoms with van der Waals surface area (Å²) in [6.07, 6.45) is -4.68. The van der Waals surface area contributed by atoms with Gasteiger partial charge in [-0.05, 0) is 24.3 Å². The van der Waals surface area contributed by atoms with E-state index in [1.165, 1.54) is 26.4 Å². The summed E-state index contributed by atoms with van der Waals surface area (Å²) in [4.78, 5) is 2.91. The lowest BCUT2D eigenvalue weighted by Crippen LogP contribution is -2.12. The molecule has 6 heteroatoms. The van der Waals surface area contributed by atoms with Crippen LogP contribution in [0, 0.1) is 0 Å². The van der Waals surface area contributed by atoms with Gasteiger partial charge in [0.15, 0.2) is 0 Å². The minimum absolute atomic E-state index is 0.190. The molecule has 0 fully saturated rings. The summed E-state index contributed by atoms with van der Waals surface area (Å²) in [5.74, 6) is 0.908. The summed E-state index contributed by atoms with van der Waals surface area (Å²) in [5, 5.41) is 0. The Morgan fingerprint density at radius 1 is 0.864 bits per heavy atom. The number of hydrogen-bond acceptors (Lipinski definition) is 3. The molecule has 0 aliphatic carbocycles. The van der Waals surface area contributed by atoms with Crippen molar-refractivity contribution in [2.24, 2.45) is 4.99 Å². The van der Waals surface area contributed by atoms with Gasteiger partial charge >= 0.3 is 6.30 Å². The number of nitrogens with zero attached hydrogens (tertiary/aromatic N) is 1. The maximum Gasteiger partial charge on any atom is 0.503 e. The molecule has 0 atom stereocenters. The second-order valence-electron chi connectivity index (χ2n) is 4.39. The first kappa shape index (κ1) is 15.9. The molecule has 0 aromatic heterocycles. The first-order valence-corrected chi connectivity index (χ1v) is 6.38. The Morgan fingerprint density at radius 2 is 1.32 bits per heavy atom. The van der Waals surface area contributed by atoms with Gasteiger partial charge in [0.25, 0.3) is 0 Å². The van der Waals surface area contributed by atoms with Crippen LogP contribution in [0.25, 0.3) is 0 Å². The molecule has 2 aromatic rings. The molecule has 0 saturated heterocycles. The van der Waals surface area contributed by atoms with Gasteiger partial charge in [0.1, 0.15) is 11.5 Å². The molecule has 0 aliphatic rings. The van der Waals surface area contributed by atoms with Gasteiger partial charge in [-0.25, -0.2) is 0 Å². The summed E-state index contributed by atoms with van der Waals surface area (Å²) >= 11 is 0.